The van der Waals surface area contributed by atoms with Gasteiger partial charge in [-0.05, 0) is 38.5 Å². The summed E-state index contributed by atoms with van der Waals surface area (Å²) in [5, 5.41) is 3.14. The number of methoxy groups -OCH3 is 3. The summed E-state index contributed by atoms with van der Waals surface area (Å²) < 4.78 is 15.3. The number of nitrogens with one attached hydrogen (secondary N) is 2. The van der Waals surface area contributed by atoms with Gasteiger partial charge in [-0.2, -0.15) is 0 Å². The van der Waals surface area contributed by atoms with Crippen molar-refractivity contribution >= 4 is 17.4 Å². The molecule has 2 N–H and O–H groups in total. The van der Waals surface area contributed by atoms with Gasteiger partial charge < -0.3 is 24.5 Å². The Morgan fingerprint density at radius 1 is 1.12 bits per heavy atom. The van der Waals surface area contributed by atoms with Gasteiger partial charge in [-0.1, -0.05) is 0 Å². The minimum Gasteiger partial charge on any atom is -0.497 e. The highest BCUT2D eigenvalue weighted by atomic mass is 16.5. The second-order valence-corrected chi connectivity index (χ2v) is 5.91. The number of rotatable bonds is 7. The van der Waals surface area contributed by atoms with Crippen LogP contribution in [-0.2, 0) is 4.74 Å². The monoisotopic (exact) mass is 360 g/mol. The first-order valence-electron chi connectivity index (χ1n) is 8.14. The van der Waals surface area contributed by atoms with Gasteiger partial charge in [0.05, 0.1) is 44.3 Å². The van der Waals surface area contributed by atoms with E-state index in [1.807, 2.05) is 0 Å². The topological polar surface area (TPSA) is 89.7 Å². The fourth-order valence-electron chi connectivity index (χ4n) is 2.84. The number of esters is 1. The minimum absolute atomic E-state index is 0.168. The molecule has 0 aliphatic rings. The summed E-state index contributed by atoms with van der Waals surface area (Å²) in [6.45, 7) is 5.21. The van der Waals surface area contributed by atoms with Crippen LogP contribution >= 0.6 is 0 Å². The van der Waals surface area contributed by atoms with E-state index in [4.69, 9.17) is 14.2 Å². The predicted octanol–water partition coefficient (Wildman–Crippen LogP) is 3.12. The quantitative estimate of drug-likeness (QED) is 0.582. The highest BCUT2D eigenvalue weighted by molar-refractivity contribution is 6.04. The Kier molecular flexibility index (Phi) is 5.92. The van der Waals surface area contributed by atoms with Crippen LogP contribution in [0.5, 0.6) is 11.5 Å². The third-order valence-electron chi connectivity index (χ3n) is 4.25. The van der Waals surface area contributed by atoms with E-state index in [2.05, 4.69) is 10.3 Å². The molecule has 0 amide bonds. The lowest BCUT2D eigenvalue weighted by atomic mass is 10.0. The zero-order chi connectivity index (χ0) is 19.4. The smallest absolute Gasteiger partial charge is 0.339 e. The molecule has 0 aliphatic heterocycles. The molecule has 1 heterocycles. The molecular formula is C19H24N2O5. The van der Waals surface area contributed by atoms with Crippen molar-refractivity contribution in [1.82, 2.24) is 4.98 Å². The highest BCUT2D eigenvalue weighted by Crippen LogP contribution is 2.30. The summed E-state index contributed by atoms with van der Waals surface area (Å²) in [6, 6.07) is 4.76. The van der Waals surface area contributed by atoms with E-state index in [9.17, 15) is 9.59 Å². The molecule has 140 valence electrons. The maximum absolute atomic E-state index is 12.9. The van der Waals surface area contributed by atoms with Gasteiger partial charge in [0.1, 0.15) is 11.5 Å². The number of anilines is 1. The molecule has 2 rings (SSSR count). The Balaban J connectivity index is 2.27. The standard InChI is InChI=1S/C19H24N2O5/c1-10-16(19(23)26-6)11(2)21-17(10)18(22)12(3)20-14-8-7-13(24-4)9-15(14)25-5/h7-9,12,20-21H,1-6H3/t12-/m0/s1. The summed E-state index contributed by atoms with van der Waals surface area (Å²) in [6.07, 6.45) is 0. The Labute approximate surface area is 152 Å². The molecule has 1 aromatic heterocycles. The van der Waals surface area contributed by atoms with E-state index in [1.54, 1.807) is 53.2 Å². The lowest BCUT2D eigenvalue weighted by molar-refractivity contribution is 0.0599. The molecule has 7 heteroatoms. The highest BCUT2D eigenvalue weighted by Gasteiger charge is 2.25. The van der Waals surface area contributed by atoms with Gasteiger partial charge in [-0.25, -0.2) is 4.79 Å². The fraction of sp³-hybridized carbons (Fsp3) is 0.368. The average molecular weight is 360 g/mol. The molecule has 0 radical (unpaired) electrons. The Bertz CT molecular complexity index is 826. The first kappa shape index (κ1) is 19.4. The molecule has 1 atom stereocenters. The van der Waals surface area contributed by atoms with Gasteiger partial charge in [-0.15, -0.1) is 0 Å². The summed E-state index contributed by atoms with van der Waals surface area (Å²) in [5.74, 6) is 0.593. The van der Waals surface area contributed by atoms with Crippen LogP contribution in [0.2, 0.25) is 0 Å². The normalized spacial score (nSPS) is 11.6. The lowest BCUT2D eigenvalue weighted by Crippen LogP contribution is -2.27. The molecule has 1 aromatic carbocycles. The molecule has 7 nitrogen and oxygen atoms in total. The molecular weight excluding hydrogens is 336 g/mol. The van der Waals surface area contributed by atoms with Crippen LogP contribution in [0.1, 0.15) is 39.0 Å². The van der Waals surface area contributed by atoms with E-state index in [1.165, 1.54) is 7.11 Å². The third kappa shape index (κ3) is 3.66. The van der Waals surface area contributed by atoms with Crippen LogP contribution in [0.15, 0.2) is 18.2 Å². The SMILES string of the molecule is COC(=O)c1c(C)[nH]c(C(=O)[C@H](C)Nc2ccc(OC)cc2OC)c1C. The van der Waals surface area contributed by atoms with Crippen molar-refractivity contribution in [2.45, 2.75) is 26.8 Å². The van der Waals surface area contributed by atoms with Crippen LogP contribution in [0, 0.1) is 13.8 Å². The Hall–Kier alpha value is -2.96. The second kappa shape index (κ2) is 7.95. The van der Waals surface area contributed by atoms with E-state index in [-0.39, 0.29) is 5.78 Å². The van der Waals surface area contributed by atoms with Gasteiger partial charge in [0, 0.05) is 11.8 Å². The molecule has 0 bridgehead atoms. The van der Waals surface area contributed by atoms with Crippen molar-refractivity contribution in [3.05, 3.63) is 40.7 Å². The summed E-state index contributed by atoms with van der Waals surface area (Å²) in [4.78, 5) is 27.8. The lowest BCUT2D eigenvalue weighted by Gasteiger charge is -2.17. The third-order valence-corrected chi connectivity index (χ3v) is 4.25. The second-order valence-electron chi connectivity index (χ2n) is 5.91. The van der Waals surface area contributed by atoms with Crippen molar-refractivity contribution in [3.63, 3.8) is 0 Å². The summed E-state index contributed by atoms with van der Waals surface area (Å²) >= 11 is 0. The van der Waals surface area contributed by atoms with Gasteiger partial charge in [0.15, 0.2) is 0 Å². The van der Waals surface area contributed by atoms with Gasteiger partial charge >= 0.3 is 5.97 Å². The number of ether oxygens (including phenoxy) is 3. The number of H-pyrrole nitrogens is 1. The number of aryl methyl sites for hydroxylation is 1. The van der Waals surface area contributed by atoms with Crippen molar-refractivity contribution in [1.29, 1.82) is 0 Å². The number of carbonyl (C=O) groups is 2. The largest absolute Gasteiger partial charge is 0.497 e. The molecule has 2 aromatic rings. The van der Waals surface area contributed by atoms with E-state index in [0.29, 0.717) is 39.7 Å². The summed E-state index contributed by atoms with van der Waals surface area (Å²) in [5.41, 5.74) is 2.63. The van der Waals surface area contributed by atoms with Crippen molar-refractivity contribution in [2.24, 2.45) is 0 Å². The molecule has 0 saturated carbocycles. The Morgan fingerprint density at radius 2 is 1.81 bits per heavy atom. The minimum atomic E-state index is -0.542. The number of Topliss-reactive ketones (excluding diaryl/α,β-unsaturated/α-hetero) is 1. The van der Waals surface area contributed by atoms with Crippen LogP contribution in [0.25, 0.3) is 0 Å². The summed E-state index contributed by atoms with van der Waals surface area (Å²) in [7, 11) is 4.44. The van der Waals surface area contributed by atoms with E-state index >= 15 is 0 Å². The van der Waals surface area contributed by atoms with Crippen molar-refractivity contribution in [3.8, 4) is 11.5 Å². The Morgan fingerprint density at radius 3 is 2.38 bits per heavy atom. The van der Waals surface area contributed by atoms with Crippen LogP contribution in [0.3, 0.4) is 0 Å². The van der Waals surface area contributed by atoms with E-state index < -0.39 is 12.0 Å². The number of hydrogen-bond acceptors (Lipinski definition) is 6. The maximum Gasteiger partial charge on any atom is 0.339 e. The van der Waals surface area contributed by atoms with E-state index in [0.717, 1.165) is 0 Å². The predicted molar refractivity (Wildman–Crippen MR) is 98.6 cm³/mol. The molecule has 0 unspecified atom stereocenters. The first-order valence-corrected chi connectivity index (χ1v) is 8.14. The molecule has 0 saturated heterocycles. The molecule has 0 spiro atoms. The molecule has 0 aliphatic carbocycles. The zero-order valence-electron chi connectivity index (χ0n) is 15.9. The van der Waals surface area contributed by atoms with Crippen molar-refractivity contribution < 1.29 is 23.8 Å². The maximum atomic E-state index is 12.9. The number of hydrogen-bond donors (Lipinski definition) is 2. The molecule has 26 heavy (non-hydrogen) atoms. The van der Waals surface area contributed by atoms with Gasteiger partial charge in [0.2, 0.25) is 5.78 Å². The van der Waals surface area contributed by atoms with Crippen LogP contribution in [0.4, 0.5) is 5.69 Å². The zero-order valence-corrected chi connectivity index (χ0v) is 15.9. The van der Waals surface area contributed by atoms with Crippen LogP contribution < -0.4 is 14.8 Å². The van der Waals surface area contributed by atoms with Crippen molar-refractivity contribution in [2.75, 3.05) is 26.6 Å². The number of carbonyl (C=O) groups excluding carboxylic acids is 2. The van der Waals surface area contributed by atoms with Crippen LogP contribution in [-0.4, -0.2) is 44.1 Å². The fourth-order valence-corrected chi connectivity index (χ4v) is 2.84. The number of aromatic amines is 1. The number of benzene rings is 1. The number of ketones is 1. The average Bonchev–Trinajstić information content (AvgIpc) is 2.94. The molecule has 0 fully saturated rings. The van der Waals surface area contributed by atoms with Gasteiger partial charge in [0.25, 0.3) is 0 Å². The number of aromatic nitrogens is 1. The first-order chi connectivity index (χ1) is 12.3. The van der Waals surface area contributed by atoms with Gasteiger partial charge in [-0.3, -0.25) is 4.79 Å².